The number of hydrogen-bond acceptors (Lipinski definition) is 2. The van der Waals surface area contributed by atoms with E-state index in [4.69, 9.17) is 17.3 Å². The predicted molar refractivity (Wildman–Crippen MR) is 82.9 cm³/mol. The molecule has 3 N–H and O–H groups in total. The van der Waals surface area contributed by atoms with E-state index in [1.807, 2.05) is 50.2 Å². The van der Waals surface area contributed by atoms with Gasteiger partial charge in [-0.25, -0.2) is 0 Å². The Morgan fingerprint density at radius 1 is 1.15 bits per heavy atom. The number of rotatable bonds is 3. The van der Waals surface area contributed by atoms with Crippen LogP contribution < -0.4 is 11.1 Å². The van der Waals surface area contributed by atoms with E-state index >= 15 is 0 Å². The van der Waals surface area contributed by atoms with Gasteiger partial charge in [-0.3, -0.25) is 4.79 Å². The number of halogens is 1. The molecule has 20 heavy (non-hydrogen) atoms. The summed E-state index contributed by atoms with van der Waals surface area (Å²) in [6.45, 7) is 3.88. The number of amides is 1. The fourth-order valence-electron chi connectivity index (χ4n) is 1.92. The van der Waals surface area contributed by atoms with Crippen LogP contribution in [-0.2, 0) is 4.79 Å². The van der Waals surface area contributed by atoms with Crippen LogP contribution in [0, 0.1) is 13.8 Å². The Hall–Kier alpha value is -1.84. The lowest BCUT2D eigenvalue weighted by molar-refractivity contribution is -0.117. The molecule has 1 atom stereocenters. The second-order valence-electron chi connectivity index (χ2n) is 4.81. The maximum Gasteiger partial charge on any atom is 0.245 e. The van der Waals surface area contributed by atoms with Gasteiger partial charge in [0.1, 0.15) is 6.04 Å². The molecule has 4 heteroatoms. The summed E-state index contributed by atoms with van der Waals surface area (Å²) in [5.74, 6) is -0.273. The third-order valence-electron chi connectivity index (χ3n) is 3.19. The molecule has 1 amide bonds. The van der Waals surface area contributed by atoms with Crippen molar-refractivity contribution in [1.29, 1.82) is 0 Å². The second-order valence-corrected chi connectivity index (χ2v) is 5.22. The number of anilines is 1. The molecular weight excluding hydrogens is 272 g/mol. The first kappa shape index (κ1) is 14.6. The van der Waals surface area contributed by atoms with Crippen LogP contribution in [0.25, 0.3) is 0 Å². The molecule has 0 fully saturated rings. The maximum atomic E-state index is 12.2. The highest BCUT2D eigenvalue weighted by Crippen LogP contribution is 2.26. The number of benzene rings is 2. The minimum atomic E-state index is -0.716. The van der Waals surface area contributed by atoms with Crippen LogP contribution in [0.1, 0.15) is 22.7 Å². The molecule has 0 spiro atoms. The van der Waals surface area contributed by atoms with Gasteiger partial charge in [0.05, 0.1) is 10.7 Å². The number of nitrogens with one attached hydrogen (secondary N) is 1. The molecular formula is C16H17ClN2O. The van der Waals surface area contributed by atoms with Crippen molar-refractivity contribution in [2.45, 2.75) is 19.9 Å². The van der Waals surface area contributed by atoms with Crippen molar-refractivity contribution >= 4 is 23.2 Å². The summed E-state index contributed by atoms with van der Waals surface area (Å²) >= 11 is 6.09. The zero-order chi connectivity index (χ0) is 14.7. The van der Waals surface area contributed by atoms with Crippen LogP contribution >= 0.6 is 11.6 Å². The summed E-state index contributed by atoms with van der Waals surface area (Å²) < 4.78 is 0. The summed E-state index contributed by atoms with van der Waals surface area (Å²) in [4.78, 5) is 12.2. The van der Waals surface area contributed by atoms with Gasteiger partial charge in [0.2, 0.25) is 5.91 Å². The van der Waals surface area contributed by atoms with Crippen molar-refractivity contribution in [3.63, 3.8) is 0 Å². The maximum absolute atomic E-state index is 12.2. The first-order valence-corrected chi connectivity index (χ1v) is 6.75. The van der Waals surface area contributed by atoms with Gasteiger partial charge < -0.3 is 11.1 Å². The van der Waals surface area contributed by atoms with Gasteiger partial charge in [-0.05, 0) is 31.0 Å². The summed E-state index contributed by atoms with van der Waals surface area (Å²) in [5, 5.41) is 3.30. The number of carbonyl (C=O) groups is 1. The molecule has 2 aromatic rings. The Morgan fingerprint density at radius 2 is 1.80 bits per heavy atom. The third-order valence-corrected chi connectivity index (χ3v) is 3.50. The van der Waals surface area contributed by atoms with Crippen molar-refractivity contribution in [3.05, 3.63) is 64.2 Å². The lowest BCUT2D eigenvalue weighted by atomic mass is 10.0. The largest absolute Gasteiger partial charge is 0.323 e. The van der Waals surface area contributed by atoms with E-state index in [9.17, 15) is 4.79 Å². The van der Waals surface area contributed by atoms with Gasteiger partial charge in [-0.2, -0.15) is 0 Å². The van der Waals surface area contributed by atoms with Crippen molar-refractivity contribution in [3.8, 4) is 0 Å². The first-order chi connectivity index (χ1) is 9.49. The van der Waals surface area contributed by atoms with Crippen molar-refractivity contribution in [1.82, 2.24) is 0 Å². The molecule has 0 bridgehead atoms. The lowest BCUT2D eigenvalue weighted by Crippen LogP contribution is -2.28. The topological polar surface area (TPSA) is 55.1 Å². The summed E-state index contributed by atoms with van der Waals surface area (Å²) in [7, 11) is 0. The molecule has 0 aliphatic heterocycles. The molecule has 0 aromatic heterocycles. The molecule has 1 unspecified atom stereocenters. The van der Waals surface area contributed by atoms with Gasteiger partial charge >= 0.3 is 0 Å². The molecule has 0 radical (unpaired) electrons. The standard InChI is InChI=1S/C16H17ClN2O/c1-10-6-8-12(9-7-10)14(18)16(20)19-15-11(2)4-3-5-13(15)17/h3-9,14H,18H2,1-2H3,(H,19,20). The minimum absolute atomic E-state index is 0.273. The minimum Gasteiger partial charge on any atom is -0.323 e. The smallest absolute Gasteiger partial charge is 0.245 e. The van der Waals surface area contributed by atoms with Crippen LogP contribution in [0.3, 0.4) is 0 Å². The number of nitrogens with two attached hydrogens (primary N) is 1. The second kappa shape index (κ2) is 6.07. The Balaban J connectivity index is 2.18. The molecule has 0 saturated heterocycles. The number of carbonyl (C=O) groups excluding carboxylic acids is 1. The van der Waals surface area contributed by atoms with Crippen molar-refractivity contribution < 1.29 is 4.79 Å². The normalized spacial score (nSPS) is 12.0. The highest BCUT2D eigenvalue weighted by molar-refractivity contribution is 6.34. The molecule has 104 valence electrons. The fraction of sp³-hybridized carbons (Fsp3) is 0.188. The zero-order valence-corrected chi connectivity index (χ0v) is 12.2. The summed E-state index contributed by atoms with van der Waals surface area (Å²) in [6.07, 6.45) is 0. The number of hydrogen-bond donors (Lipinski definition) is 2. The monoisotopic (exact) mass is 288 g/mol. The molecule has 0 aliphatic rings. The molecule has 0 heterocycles. The molecule has 3 nitrogen and oxygen atoms in total. The zero-order valence-electron chi connectivity index (χ0n) is 11.5. The van der Waals surface area contributed by atoms with Crippen LogP contribution in [0.2, 0.25) is 5.02 Å². The molecule has 2 aromatic carbocycles. The highest BCUT2D eigenvalue weighted by atomic mass is 35.5. The van der Waals surface area contributed by atoms with Crippen LogP contribution in [-0.4, -0.2) is 5.91 Å². The summed E-state index contributed by atoms with van der Waals surface area (Å²) in [5.41, 5.74) is 9.40. The molecule has 0 aliphatic carbocycles. The van der Waals surface area contributed by atoms with Crippen molar-refractivity contribution in [2.75, 3.05) is 5.32 Å². The highest BCUT2D eigenvalue weighted by Gasteiger charge is 2.17. The average molecular weight is 289 g/mol. The first-order valence-electron chi connectivity index (χ1n) is 6.37. The SMILES string of the molecule is Cc1ccc(C(N)C(=O)Nc2c(C)cccc2Cl)cc1. The van der Waals surface area contributed by atoms with Crippen molar-refractivity contribution in [2.24, 2.45) is 5.73 Å². The van der Waals surface area contributed by atoms with E-state index in [0.29, 0.717) is 10.7 Å². The van der Waals surface area contributed by atoms with E-state index < -0.39 is 6.04 Å². The van der Waals surface area contributed by atoms with E-state index in [1.165, 1.54) is 0 Å². The third kappa shape index (κ3) is 3.18. The van der Waals surface area contributed by atoms with Gasteiger partial charge in [-0.15, -0.1) is 0 Å². The fourth-order valence-corrected chi connectivity index (χ4v) is 2.19. The number of para-hydroxylation sites is 1. The van der Waals surface area contributed by atoms with E-state index in [-0.39, 0.29) is 5.91 Å². The lowest BCUT2D eigenvalue weighted by Gasteiger charge is -2.15. The van der Waals surface area contributed by atoms with Gasteiger partial charge in [0.25, 0.3) is 0 Å². The van der Waals surface area contributed by atoms with Crippen LogP contribution in [0.4, 0.5) is 5.69 Å². The average Bonchev–Trinajstić information content (AvgIpc) is 2.43. The van der Waals surface area contributed by atoms with Crippen LogP contribution in [0.15, 0.2) is 42.5 Å². The predicted octanol–water partition coefficient (Wildman–Crippen LogP) is 3.60. The Kier molecular flexibility index (Phi) is 4.42. The Labute approximate surface area is 123 Å². The summed E-state index contributed by atoms with van der Waals surface area (Å²) in [6, 6.07) is 12.3. The van der Waals surface area contributed by atoms with E-state index in [1.54, 1.807) is 6.07 Å². The van der Waals surface area contributed by atoms with Crippen LogP contribution in [0.5, 0.6) is 0 Å². The van der Waals surface area contributed by atoms with Gasteiger partial charge in [-0.1, -0.05) is 53.6 Å². The van der Waals surface area contributed by atoms with Gasteiger partial charge in [0, 0.05) is 0 Å². The number of aryl methyl sites for hydroxylation is 2. The molecule has 2 rings (SSSR count). The molecule has 0 saturated carbocycles. The quantitative estimate of drug-likeness (QED) is 0.907. The Bertz CT molecular complexity index is 603. The van der Waals surface area contributed by atoms with Gasteiger partial charge in [0.15, 0.2) is 0 Å². The van der Waals surface area contributed by atoms with E-state index in [0.717, 1.165) is 16.7 Å². The van der Waals surface area contributed by atoms with E-state index in [2.05, 4.69) is 5.32 Å². The Morgan fingerprint density at radius 3 is 2.40 bits per heavy atom.